The number of benzene rings is 10. The van der Waals surface area contributed by atoms with Crippen molar-refractivity contribution in [2.24, 2.45) is 14.1 Å². The Hall–Kier alpha value is -7.68. The van der Waals surface area contributed by atoms with Gasteiger partial charge in [0.2, 0.25) is 0 Å². The van der Waals surface area contributed by atoms with E-state index in [9.17, 15) is 0 Å². The predicted molar refractivity (Wildman–Crippen MR) is 305 cm³/mol. The Balaban J connectivity index is 0.906. The van der Waals surface area contributed by atoms with E-state index in [-0.39, 0.29) is 16.2 Å². The third kappa shape index (κ3) is 4.92. The maximum Gasteiger partial charge on any atom is 0.0568 e. The molecule has 2 heterocycles. The number of hydrogen-bond donors (Lipinski definition) is 0. The molecule has 0 bridgehead atoms. The first-order chi connectivity index (χ1) is 35.1. The summed E-state index contributed by atoms with van der Waals surface area (Å²) in [5.41, 5.74) is 27.6. The normalized spacial score (nSPS) is 16.5. The number of nitrogens with zero attached hydrogens (tertiary/aromatic N) is 2. The first-order valence-corrected chi connectivity index (χ1v) is 26.5. The van der Waals surface area contributed by atoms with Gasteiger partial charge in [0.25, 0.3) is 0 Å². The molecule has 4 aliphatic rings. The molecule has 0 atom stereocenters. The number of fused-ring (bicyclic) bond motifs is 21. The van der Waals surface area contributed by atoms with Gasteiger partial charge >= 0.3 is 0 Å². The van der Waals surface area contributed by atoms with E-state index in [1.165, 1.54) is 175 Å². The van der Waals surface area contributed by atoms with Crippen molar-refractivity contribution in [2.75, 3.05) is 0 Å². The summed E-state index contributed by atoms with van der Waals surface area (Å²) >= 11 is 0. The molecule has 2 nitrogen and oxygen atoms in total. The standard InChI is InChI=1S/C70H56N2/c1-68(2)56-36-52-53-37-57-55(65-45-25-11-9-21-41(45)51(35-61(65)69(57,3)4)49-29-19-27-47-43-23-13-15-31-63(43)72(6)67(47)49)39-59(53)70(32-16-7-17-33-70)58(52)38-54(56)64-44-24-10-8-20-40(44)50(34-60(64)68)48-28-18-26-46-42-22-12-14-30-62(42)71(5)66(46)48/h8-15,18-31,34-39H,7,16-17,32-33H2,1-6H3. The second kappa shape index (κ2) is 13.8. The van der Waals surface area contributed by atoms with Crippen molar-refractivity contribution < 1.29 is 0 Å². The lowest BCUT2D eigenvalue weighted by Gasteiger charge is -2.36. The van der Waals surface area contributed by atoms with Crippen molar-refractivity contribution in [2.45, 2.75) is 76.0 Å². The Labute approximate surface area is 421 Å². The third-order valence-corrected chi connectivity index (χ3v) is 19.1. The summed E-state index contributed by atoms with van der Waals surface area (Å²) in [7, 11) is 4.48. The van der Waals surface area contributed by atoms with Gasteiger partial charge in [-0.1, -0.05) is 168 Å². The van der Waals surface area contributed by atoms with Crippen molar-refractivity contribution in [1.82, 2.24) is 9.13 Å². The molecule has 12 aromatic rings. The van der Waals surface area contributed by atoms with Crippen LogP contribution in [0.4, 0.5) is 0 Å². The van der Waals surface area contributed by atoms with Crippen LogP contribution in [0.1, 0.15) is 93.2 Å². The van der Waals surface area contributed by atoms with Crippen LogP contribution in [0.15, 0.2) is 170 Å². The molecule has 1 fully saturated rings. The maximum atomic E-state index is 2.72. The lowest BCUT2D eigenvalue weighted by molar-refractivity contribution is 0.353. The number of aryl methyl sites for hydroxylation is 2. The Morgan fingerprint density at radius 3 is 1.11 bits per heavy atom. The highest BCUT2D eigenvalue weighted by molar-refractivity contribution is 6.19. The second-order valence-corrected chi connectivity index (χ2v) is 23.1. The summed E-state index contributed by atoms with van der Waals surface area (Å²) in [6, 6.07) is 66.2. The predicted octanol–water partition coefficient (Wildman–Crippen LogP) is 18.5. The van der Waals surface area contributed by atoms with Gasteiger partial charge in [0.15, 0.2) is 0 Å². The topological polar surface area (TPSA) is 9.86 Å². The lowest BCUT2D eigenvalue weighted by Crippen LogP contribution is -2.28. The van der Waals surface area contributed by atoms with Gasteiger partial charge in [0.1, 0.15) is 0 Å². The fourth-order valence-electron chi connectivity index (χ4n) is 15.7. The molecule has 72 heavy (non-hydrogen) atoms. The van der Waals surface area contributed by atoms with Crippen LogP contribution in [0.25, 0.3) is 121 Å². The molecule has 2 aromatic heterocycles. The SMILES string of the molecule is Cn1c2ccccc2c2cccc(-c3cc4c(c5ccccc35)-c3cc5c(cc3C4(C)C)-c3cc4c(cc3C53CCCCC3)-c3c(cc(-c5cccc6c7ccccc7n(C)c56)c5ccccc35)C4(C)C)c21. The summed E-state index contributed by atoms with van der Waals surface area (Å²) in [4.78, 5) is 0. The van der Waals surface area contributed by atoms with Crippen LogP contribution in [-0.2, 0) is 30.3 Å². The van der Waals surface area contributed by atoms with Gasteiger partial charge in [-0.15, -0.1) is 0 Å². The highest BCUT2D eigenvalue weighted by atomic mass is 14.9. The van der Waals surface area contributed by atoms with E-state index < -0.39 is 0 Å². The molecule has 0 saturated heterocycles. The highest BCUT2D eigenvalue weighted by Crippen LogP contribution is 2.64. The Bertz CT molecular complexity index is 4160. The average molecular weight is 925 g/mol. The summed E-state index contributed by atoms with van der Waals surface area (Å²) < 4.78 is 4.83. The van der Waals surface area contributed by atoms with E-state index in [2.05, 4.69) is 221 Å². The quantitative estimate of drug-likeness (QED) is 0.163. The van der Waals surface area contributed by atoms with Crippen LogP contribution in [0.5, 0.6) is 0 Å². The van der Waals surface area contributed by atoms with Crippen molar-refractivity contribution in [3.05, 3.63) is 203 Å². The molecule has 4 aliphatic carbocycles. The zero-order valence-electron chi connectivity index (χ0n) is 42.1. The van der Waals surface area contributed by atoms with Crippen molar-refractivity contribution in [3.8, 4) is 55.6 Å². The van der Waals surface area contributed by atoms with Gasteiger partial charge < -0.3 is 9.13 Å². The molecule has 0 N–H and O–H groups in total. The van der Waals surface area contributed by atoms with Crippen molar-refractivity contribution in [1.29, 1.82) is 0 Å². The van der Waals surface area contributed by atoms with Crippen LogP contribution in [0.3, 0.4) is 0 Å². The molecule has 346 valence electrons. The van der Waals surface area contributed by atoms with Crippen LogP contribution in [0.2, 0.25) is 0 Å². The lowest BCUT2D eigenvalue weighted by atomic mass is 9.67. The van der Waals surface area contributed by atoms with Crippen LogP contribution in [0, 0.1) is 0 Å². The first-order valence-electron chi connectivity index (χ1n) is 26.5. The highest BCUT2D eigenvalue weighted by Gasteiger charge is 2.49. The fourth-order valence-corrected chi connectivity index (χ4v) is 15.7. The minimum Gasteiger partial charge on any atom is -0.343 e. The van der Waals surface area contributed by atoms with E-state index in [1.54, 1.807) is 11.1 Å². The number of para-hydroxylation sites is 4. The molecule has 0 radical (unpaired) electrons. The molecule has 0 unspecified atom stereocenters. The largest absolute Gasteiger partial charge is 0.343 e. The molecule has 1 spiro atoms. The van der Waals surface area contributed by atoms with Crippen molar-refractivity contribution in [3.63, 3.8) is 0 Å². The van der Waals surface area contributed by atoms with Gasteiger partial charge in [-0.3, -0.25) is 0 Å². The molecular weight excluding hydrogens is 869 g/mol. The monoisotopic (exact) mass is 924 g/mol. The molecular formula is C70H56N2. The molecule has 10 aromatic carbocycles. The van der Waals surface area contributed by atoms with Gasteiger partial charge in [-0.2, -0.15) is 0 Å². The minimum absolute atomic E-state index is 0.0212. The summed E-state index contributed by atoms with van der Waals surface area (Å²) in [6.07, 6.45) is 6.22. The van der Waals surface area contributed by atoms with Gasteiger partial charge in [-0.25, -0.2) is 0 Å². The van der Waals surface area contributed by atoms with Gasteiger partial charge in [0, 0.05) is 74.0 Å². The Morgan fingerprint density at radius 2 is 0.667 bits per heavy atom. The van der Waals surface area contributed by atoms with E-state index in [4.69, 9.17) is 0 Å². The molecule has 16 rings (SSSR count). The first kappa shape index (κ1) is 41.0. The van der Waals surface area contributed by atoms with Crippen LogP contribution >= 0.6 is 0 Å². The number of hydrogen-bond acceptors (Lipinski definition) is 0. The summed E-state index contributed by atoms with van der Waals surface area (Å²) in [5.74, 6) is 0. The average Bonchev–Trinajstić information content (AvgIpc) is 4.10. The van der Waals surface area contributed by atoms with Crippen molar-refractivity contribution >= 4 is 65.2 Å². The zero-order valence-corrected chi connectivity index (χ0v) is 42.1. The van der Waals surface area contributed by atoms with E-state index >= 15 is 0 Å². The zero-order chi connectivity index (χ0) is 48.2. The van der Waals surface area contributed by atoms with Crippen LogP contribution < -0.4 is 0 Å². The number of rotatable bonds is 2. The van der Waals surface area contributed by atoms with Crippen LogP contribution in [-0.4, -0.2) is 9.13 Å². The molecule has 2 heteroatoms. The number of aromatic nitrogens is 2. The van der Waals surface area contributed by atoms with E-state index in [0.29, 0.717) is 0 Å². The van der Waals surface area contributed by atoms with Gasteiger partial charge in [-0.05, 0) is 161 Å². The third-order valence-electron chi connectivity index (χ3n) is 19.1. The maximum absolute atomic E-state index is 2.72. The second-order valence-electron chi connectivity index (χ2n) is 23.1. The van der Waals surface area contributed by atoms with E-state index in [0.717, 1.165) is 0 Å². The Kier molecular flexibility index (Phi) is 7.88. The molecule has 0 amide bonds. The fraction of sp³-hybridized carbons (Fsp3) is 0.200. The van der Waals surface area contributed by atoms with Gasteiger partial charge in [0.05, 0.1) is 11.0 Å². The summed E-state index contributed by atoms with van der Waals surface area (Å²) in [5, 5.41) is 10.6. The summed E-state index contributed by atoms with van der Waals surface area (Å²) in [6.45, 7) is 9.98. The Morgan fingerprint density at radius 1 is 0.306 bits per heavy atom. The minimum atomic E-state index is -0.206. The molecule has 0 aliphatic heterocycles. The smallest absolute Gasteiger partial charge is 0.0568 e. The molecule has 1 saturated carbocycles. The van der Waals surface area contributed by atoms with E-state index in [1.807, 2.05) is 0 Å².